The van der Waals surface area contributed by atoms with Gasteiger partial charge in [0.25, 0.3) is 0 Å². The lowest BCUT2D eigenvalue weighted by Gasteiger charge is -2.37. The van der Waals surface area contributed by atoms with E-state index in [0.717, 1.165) is 12.0 Å². The molecule has 0 aliphatic carbocycles. The van der Waals surface area contributed by atoms with Crippen molar-refractivity contribution in [3.8, 4) is 0 Å². The number of hydrogen-bond donors (Lipinski definition) is 3. The Hall–Kier alpha value is -1.63. The molecule has 1 aromatic rings. The Kier molecular flexibility index (Phi) is 8.09. The molecule has 7 heteroatoms. The van der Waals surface area contributed by atoms with Gasteiger partial charge in [-0.25, -0.2) is 0 Å². The van der Waals surface area contributed by atoms with Gasteiger partial charge in [-0.2, -0.15) is 0 Å². The van der Waals surface area contributed by atoms with Crippen molar-refractivity contribution in [1.82, 2.24) is 15.5 Å². The molecule has 4 atom stereocenters. The highest BCUT2D eigenvalue weighted by atomic mass is 35.5. The van der Waals surface area contributed by atoms with E-state index in [4.69, 9.17) is 11.6 Å². The van der Waals surface area contributed by atoms with Crippen molar-refractivity contribution in [1.29, 1.82) is 0 Å². The number of carbonyl (C=O) groups excluding carboxylic acids is 2. The molecule has 1 aromatic carbocycles. The Morgan fingerprint density at radius 3 is 2.45 bits per heavy atom. The van der Waals surface area contributed by atoms with Crippen LogP contribution in [-0.4, -0.2) is 52.6 Å². The lowest BCUT2D eigenvalue weighted by molar-refractivity contribution is -0.142. The second-order valence-corrected chi connectivity index (χ2v) is 9.45. The molecule has 29 heavy (non-hydrogen) atoms. The molecule has 2 rings (SSSR count). The zero-order chi connectivity index (χ0) is 21.8. The molecule has 0 aromatic heterocycles. The zero-order valence-electron chi connectivity index (χ0n) is 18.0. The minimum Gasteiger partial charge on any atom is -0.391 e. The van der Waals surface area contributed by atoms with Crippen molar-refractivity contribution in [2.24, 2.45) is 5.41 Å². The first-order valence-corrected chi connectivity index (χ1v) is 10.7. The molecule has 0 radical (unpaired) electrons. The first-order chi connectivity index (χ1) is 13.5. The monoisotopic (exact) mass is 423 g/mol. The summed E-state index contributed by atoms with van der Waals surface area (Å²) in [6, 6.07) is 6.30. The van der Waals surface area contributed by atoms with Crippen molar-refractivity contribution in [3.63, 3.8) is 0 Å². The fourth-order valence-electron chi connectivity index (χ4n) is 3.48. The lowest BCUT2D eigenvalue weighted by Crippen LogP contribution is -2.58. The van der Waals surface area contributed by atoms with E-state index in [1.54, 1.807) is 12.1 Å². The maximum absolute atomic E-state index is 13.4. The number of aliphatic hydroxyl groups excluding tert-OH is 1. The van der Waals surface area contributed by atoms with Gasteiger partial charge in [0.1, 0.15) is 6.04 Å². The summed E-state index contributed by atoms with van der Waals surface area (Å²) in [5.74, 6) is -0.387. The Balaban J connectivity index is 2.11. The van der Waals surface area contributed by atoms with Gasteiger partial charge in [-0.1, -0.05) is 51.4 Å². The van der Waals surface area contributed by atoms with Gasteiger partial charge in [0.2, 0.25) is 11.8 Å². The van der Waals surface area contributed by atoms with Crippen molar-refractivity contribution >= 4 is 23.4 Å². The smallest absolute Gasteiger partial charge is 0.243 e. The number of halogens is 1. The van der Waals surface area contributed by atoms with Gasteiger partial charge in [-0.3, -0.25) is 9.59 Å². The van der Waals surface area contributed by atoms with Crippen LogP contribution in [0.15, 0.2) is 24.3 Å². The summed E-state index contributed by atoms with van der Waals surface area (Å²) in [7, 11) is 0. The average Bonchev–Trinajstić information content (AvgIpc) is 3.05. The van der Waals surface area contributed by atoms with Crippen molar-refractivity contribution < 1.29 is 14.7 Å². The molecule has 1 saturated heterocycles. The van der Waals surface area contributed by atoms with Crippen LogP contribution in [0.25, 0.3) is 0 Å². The van der Waals surface area contributed by atoms with Gasteiger partial charge < -0.3 is 20.6 Å². The number of likely N-dealkylation sites (tertiary alicyclic amines) is 1. The highest BCUT2D eigenvalue weighted by molar-refractivity contribution is 6.30. The maximum Gasteiger partial charge on any atom is 0.243 e. The van der Waals surface area contributed by atoms with Crippen molar-refractivity contribution in [2.45, 2.75) is 78.2 Å². The van der Waals surface area contributed by atoms with E-state index < -0.39 is 18.2 Å². The minimum atomic E-state index is -0.700. The van der Waals surface area contributed by atoms with Gasteiger partial charge in [-0.05, 0) is 36.5 Å². The fourth-order valence-corrected chi connectivity index (χ4v) is 3.60. The molecule has 1 aliphatic rings. The van der Waals surface area contributed by atoms with Gasteiger partial charge in [0.15, 0.2) is 0 Å². The van der Waals surface area contributed by atoms with E-state index in [2.05, 4.69) is 17.6 Å². The van der Waals surface area contributed by atoms with Crippen LogP contribution in [0.5, 0.6) is 0 Å². The van der Waals surface area contributed by atoms with Crippen LogP contribution < -0.4 is 10.6 Å². The van der Waals surface area contributed by atoms with Gasteiger partial charge >= 0.3 is 0 Å². The lowest BCUT2D eigenvalue weighted by atomic mass is 9.85. The predicted octanol–water partition coefficient (Wildman–Crippen LogP) is 2.72. The number of hydrogen-bond acceptors (Lipinski definition) is 4. The molecule has 1 fully saturated rings. The standard InChI is InChI=1S/C22H34ClN3O3/c1-6-14(2)25-19(22(3,4)5)21(29)26-13-17(27)11-18(26)20(28)24-12-15-7-9-16(23)10-8-15/h7-10,14,17-19,25,27H,6,11-13H2,1-5H3,(H,24,28)/t14?,17-,18+,19-/m1/s1. The largest absolute Gasteiger partial charge is 0.391 e. The van der Waals surface area contributed by atoms with E-state index in [9.17, 15) is 14.7 Å². The average molecular weight is 424 g/mol. The van der Waals surface area contributed by atoms with E-state index in [1.807, 2.05) is 39.8 Å². The second-order valence-electron chi connectivity index (χ2n) is 9.02. The third-order valence-electron chi connectivity index (χ3n) is 5.42. The number of β-amino-alcohol motifs (C(OH)–C–C–N with tert-alkyl or cyclic N) is 1. The summed E-state index contributed by atoms with van der Waals surface area (Å²) in [5, 5.41) is 17.1. The minimum absolute atomic E-state index is 0.138. The molecule has 0 saturated carbocycles. The maximum atomic E-state index is 13.4. The van der Waals surface area contributed by atoms with E-state index in [0.29, 0.717) is 11.6 Å². The summed E-state index contributed by atoms with van der Waals surface area (Å²) < 4.78 is 0. The molecule has 1 heterocycles. The molecule has 2 amide bonds. The van der Waals surface area contributed by atoms with Crippen molar-refractivity contribution in [2.75, 3.05) is 6.54 Å². The number of aliphatic hydroxyl groups is 1. The number of benzene rings is 1. The summed E-state index contributed by atoms with van der Waals surface area (Å²) in [6.45, 7) is 10.6. The van der Waals surface area contributed by atoms with Crippen LogP contribution in [0.3, 0.4) is 0 Å². The molecule has 0 spiro atoms. The van der Waals surface area contributed by atoms with Crippen LogP contribution >= 0.6 is 11.6 Å². The number of amides is 2. The second kappa shape index (κ2) is 9.92. The number of rotatable bonds is 7. The third kappa shape index (κ3) is 6.43. The van der Waals surface area contributed by atoms with Crippen molar-refractivity contribution in [3.05, 3.63) is 34.9 Å². The molecular formula is C22H34ClN3O3. The molecule has 0 bridgehead atoms. The normalized spacial score (nSPS) is 21.7. The molecule has 162 valence electrons. The fraction of sp³-hybridized carbons (Fsp3) is 0.636. The molecule has 6 nitrogen and oxygen atoms in total. The highest BCUT2D eigenvalue weighted by Gasteiger charge is 2.44. The van der Waals surface area contributed by atoms with Crippen LogP contribution in [0, 0.1) is 5.41 Å². The predicted molar refractivity (Wildman–Crippen MR) is 116 cm³/mol. The van der Waals surface area contributed by atoms with Crippen LogP contribution in [0.2, 0.25) is 5.02 Å². The van der Waals surface area contributed by atoms with E-state index in [1.165, 1.54) is 4.90 Å². The Bertz CT molecular complexity index is 702. The summed E-state index contributed by atoms with van der Waals surface area (Å²) >= 11 is 5.90. The third-order valence-corrected chi connectivity index (χ3v) is 5.67. The van der Waals surface area contributed by atoms with Gasteiger partial charge in [0, 0.05) is 30.6 Å². The summed E-state index contributed by atoms with van der Waals surface area (Å²) in [4.78, 5) is 27.7. The quantitative estimate of drug-likeness (QED) is 0.629. The van der Waals surface area contributed by atoms with Crippen LogP contribution in [0.1, 0.15) is 53.0 Å². The molecular weight excluding hydrogens is 390 g/mol. The van der Waals surface area contributed by atoms with Crippen LogP contribution in [0.4, 0.5) is 0 Å². The first-order valence-electron chi connectivity index (χ1n) is 10.3. The number of nitrogens with one attached hydrogen (secondary N) is 2. The van der Waals surface area contributed by atoms with Gasteiger partial charge in [-0.15, -0.1) is 0 Å². The number of nitrogens with zero attached hydrogens (tertiary/aromatic N) is 1. The SMILES string of the molecule is CCC(C)N[C@H](C(=O)N1C[C@H](O)C[C@H]1C(=O)NCc1ccc(Cl)cc1)C(C)(C)C. The van der Waals surface area contributed by atoms with E-state index in [-0.39, 0.29) is 36.2 Å². The number of carbonyl (C=O) groups is 2. The summed E-state index contributed by atoms with van der Waals surface area (Å²) in [6.07, 6.45) is 0.445. The molecule has 1 aliphatic heterocycles. The Labute approximate surface area is 179 Å². The molecule has 3 N–H and O–H groups in total. The highest BCUT2D eigenvalue weighted by Crippen LogP contribution is 2.26. The van der Waals surface area contributed by atoms with Crippen LogP contribution in [-0.2, 0) is 16.1 Å². The van der Waals surface area contributed by atoms with Gasteiger partial charge in [0.05, 0.1) is 12.1 Å². The topological polar surface area (TPSA) is 81.7 Å². The first kappa shape index (κ1) is 23.6. The molecule has 1 unspecified atom stereocenters. The Morgan fingerprint density at radius 1 is 1.28 bits per heavy atom. The Morgan fingerprint density at radius 2 is 1.90 bits per heavy atom. The summed E-state index contributed by atoms with van der Waals surface area (Å²) in [5.41, 5.74) is 0.600. The van der Waals surface area contributed by atoms with E-state index >= 15 is 0 Å². The zero-order valence-corrected chi connectivity index (χ0v) is 18.8.